The van der Waals surface area contributed by atoms with E-state index in [1.165, 1.54) is 0 Å². The highest BCUT2D eigenvalue weighted by atomic mass is 35.5. The van der Waals surface area contributed by atoms with Crippen molar-refractivity contribution < 1.29 is 14.6 Å². The van der Waals surface area contributed by atoms with Gasteiger partial charge < -0.3 is 14.7 Å². The van der Waals surface area contributed by atoms with Crippen molar-refractivity contribution in [2.45, 2.75) is 32.0 Å². The third-order valence-electron chi connectivity index (χ3n) is 4.96. The maximum absolute atomic E-state index is 12.8. The number of morpholine rings is 1. The molecule has 0 saturated carbocycles. The summed E-state index contributed by atoms with van der Waals surface area (Å²) >= 11 is 12.3. The summed E-state index contributed by atoms with van der Waals surface area (Å²) in [5, 5.41) is 11.2. The van der Waals surface area contributed by atoms with Crippen LogP contribution in [0.15, 0.2) is 48.5 Å². The van der Waals surface area contributed by atoms with E-state index in [0.29, 0.717) is 10.0 Å². The molecule has 3 atom stereocenters. The van der Waals surface area contributed by atoms with Crippen molar-refractivity contribution in [1.82, 2.24) is 4.90 Å². The quantitative estimate of drug-likeness (QED) is 0.784. The number of halogens is 2. The predicted octanol–water partition coefficient (Wildman–Crippen LogP) is 4.65. The molecule has 0 radical (unpaired) electrons. The maximum Gasteiger partial charge on any atom is 0.249 e. The highest BCUT2D eigenvalue weighted by molar-refractivity contribution is 6.30. The second-order valence-corrected chi connectivity index (χ2v) is 7.95. The molecule has 3 unspecified atom stereocenters. The van der Waals surface area contributed by atoms with Crippen LogP contribution in [-0.2, 0) is 9.53 Å². The molecule has 1 heterocycles. The smallest absolute Gasteiger partial charge is 0.249 e. The lowest BCUT2D eigenvalue weighted by Crippen LogP contribution is -2.53. The Morgan fingerprint density at radius 1 is 1.11 bits per heavy atom. The summed E-state index contributed by atoms with van der Waals surface area (Å²) in [4.78, 5) is 14.6. The fourth-order valence-corrected chi connectivity index (χ4v) is 3.92. The number of carbonyl (C=O) groups is 1. The Balaban J connectivity index is 2.11. The van der Waals surface area contributed by atoms with E-state index < -0.39 is 6.10 Å². The van der Waals surface area contributed by atoms with Gasteiger partial charge in [-0.2, -0.15) is 0 Å². The first-order valence-corrected chi connectivity index (χ1v) is 9.72. The molecule has 2 aromatic rings. The number of nitrogens with zero attached hydrogens (tertiary/aromatic N) is 1. The topological polar surface area (TPSA) is 49.8 Å². The lowest BCUT2D eigenvalue weighted by molar-refractivity contribution is -0.166. The standard InChI is InChI=1S/C21H23Cl2NO3/c1-13(2)18(11-25)24-19(26)12-27-21(15-4-3-5-17(23)10-15)20(24)14-6-8-16(22)9-7-14/h3-10,13,18,20-21,25H,11-12H2,1-2H3. The summed E-state index contributed by atoms with van der Waals surface area (Å²) < 4.78 is 5.97. The first-order valence-electron chi connectivity index (χ1n) is 8.97. The molecule has 2 aromatic carbocycles. The number of rotatable bonds is 5. The number of benzene rings is 2. The lowest BCUT2D eigenvalue weighted by Gasteiger charge is -2.46. The van der Waals surface area contributed by atoms with E-state index in [1.807, 2.05) is 44.2 Å². The van der Waals surface area contributed by atoms with Crippen molar-refractivity contribution in [3.05, 3.63) is 69.7 Å². The minimum Gasteiger partial charge on any atom is -0.394 e. The van der Waals surface area contributed by atoms with E-state index in [1.54, 1.807) is 23.1 Å². The molecule has 0 aromatic heterocycles. The van der Waals surface area contributed by atoms with Gasteiger partial charge in [0.25, 0.3) is 0 Å². The Morgan fingerprint density at radius 2 is 1.81 bits per heavy atom. The largest absolute Gasteiger partial charge is 0.394 e. The maximum atomic E-state index is 12.8. The van der Waals surface area contributed by atoms with Crippen molar-refractivity contribution in [3.63, 3.8) is 0 Å². The van der Waals surface area contributed by atoms with Gasteiger partial charge in [-0.25, -0.2) is 0 Å². The Kier molecular flexibility index (Phi) is 6.43. The average molecular weight is 408 g/mol. The monoisotopic (exact) mass is 407 g/mol. The predicted molar refractivity (Wildman–Crippen MR) is 107 cm³/mol. The molecule has 1 aliphatic heterocycles. The Bertz CT molecular complexity index is 794. The molecule has 1 N–H and O–H groups in total. The van der Waals surface area contributed by atoms with Crippen LogP contribution in [-0.4, -0.2) is 35.2 Å². The first kappa shape index (κ1) is 20.2. The van der Waals surface area contributed by atoms with Gasteiger partial charge in [-0.3, -0.25) is 4.79 Å². The molecular weight excluding hydrogens is 385 g/mol. The van der Waals surface area contributed by atoms with Crippen LogP contribution in [0.4, 0.5) is 0 Å². The SMILES string of the molecule is CC(C)C(CO)N1C(=O)COC(c2cccc(Cl)c2)C1c1ccc(Cl)cc1. The molecule has 4 nitrogen and oxygen atoms in total. The average Bonchev–Trinajstić information content (AvgIpc) is 2.64. The molecule has 0 bridgehead atoms. The number of aliphatic hydroxyl groups excluding tert-OH is 1. The van der Waals surface area contributed by atoms with E-state index in [4.69, 9.17) is 27.9 Å². The summed E-state index contributed by atoms with van der Waals surface area (Å²) in [5.74, 6) is -0.0483. The van der Waals surface area contributed by atoms with Crippen LogP contribution in [0, 0.1) is 5.92 Å². The molecule has 0 aliphatic carbocycles. The van der Waals surface area contributed by atoms with Gasteiger partial charge in [0.2, 0.25) is 5.91 Å². The molecule has 144 valence electrons. The van der Waals surface area contributed by atoms with Crippen LogP contribution in [0.5, 0.6) is 0 Å². The van der Waals surface area contributed by atoms with E-state index >= 15 is 0 Å². The molecule has 6 heteroatoms. The highest BCUT2D eigenvalue weighted by Crippen LogP contribution is 2.42. The number of hydrogen-bond donors (Lipinski definition) is 1. The molecule has 0 spiro atoms. The molecule has 3 rings (SSSR count). The van der Waals surface area contributed by atoms with Gasteiger partial charge in [0.05, 0.1) is 18.7 Å². The van der Waals surface area contributed by atoms with Gasteiger partial charge in [0.1, 0.15) is 12.7 Å². The summed E-state index contributed by atoms with van der Waals surface area (Å²) in [6.45, 7) is 3.84. The number of aliphatic hydroxyl groups is 1. The van der Waals surface area contributed by atoms with E-state index in [0.717, 1.165) is 11.1 Å². The minimum absolute atomic E-state index is 0.0372. The Labute approximate surface area is 169 Å². The summed E-state index contributed by atoms with van der Waals surface area (Å²) in [6.07, 6.45) is -0.393. The van der Waals surface area contributed by atoms with E-state index in [-0.39, 0.29) is 37.1 Å². The molecule has 27 heavy (non-hydrogen) atoms. The van der Waals surface area contributed by atoms with Crippen LogP contribution in [0.1, 0.15) is 37.1 Å². The van der Waals surface area contributed by atoms with Crippen LogP contribution < -0.4 is 0 Å². The third kappa shape index (κ3) is 4.30. The Hall–Kier alpha value is -1.59. The van der Waals surface area contributed by atoms with Crippen molar-refractivity contribution >= 4 is 29.1 Å². The zero-order chi connectivity index (χ0) is 19.6. The number of amides is 1. The van der Waals surface area contributed by atoms with Crippen molar-refractivity contribution in [1.29, 1.82) is 0 Å². The number of ether oxygens (including phenoxy) is 1. The zero-order valence-corrected chi connectivity index (χ0v) is 16.8. The van der Waals surface area contributed by atoms with Crippen LogP contribution in [0.3, 0.4) is 0 Å². The van der Waals surface area contributed by atoms with Crippen LogP contribution >= 0.6 is 23.2 Å². The van der Waals surface area contributed by atoms with E-state index in [9.17, 15) is 9.90 Å². The first-order chi connectivity index (χ1) is 12.9. The summed E-state index contributed by atoms with van der Waals surface area (Å²) in [5.41, 5.74) is 1.79. The third-order valence-corrected chi connectivity index (χ3v) is 5.45. The number of carbonyl (C=O) groups excluding carboxylic acids is 1. The van der Waals surface area contributed by atoms with Gasteiger partial charge in [0, 0.05) is 10.0 Å². The minimum atomic E-state index is -0.393. The molecule has 1 fully saturated rings. The van der Waals surface area contributed by atoms with Crippen LogP contribution in [0.2, 0.25) is 10.0 Å². The zero-order valence-electron chi connectivity index (χ0n) is 15.3. The van der Waals surface area contributed by atoms with Gasteiger partial charge in [-0.05, 0) is 41.3 Å². The molecule has 1 aliphatic rings. The summed E-state index contributed by atoms with van der Waals surface area (Å²) in [7, 11) is 0. The van der Waals surface area contributed by atoms with Crippen molar-refractivity contribution in [2.24, 2.45) is 5.92 Å². The highest BCUT2D eigenvalue weighted by Gasteiger charge is 2.42. The second-order valence-electron chi connectivity index (χ2n) is 7.08. The van der Waals surface area contributed by atoms with Crippen LogP contribution in [0.25, 0.3) is 0 Å². The van der Waals surface area contributed by atoms with Crippen molar-refractivity contribution in [3.8, 4) is 0 Å². The molecular formula is C21H23Cl2NO3. The fourth-order valence-electron chi connectivity index (χ4n) is 3.60. The van der Waals surface area contributed by atoms with Gasteiger partial charge in [-0.1, -0.05) is 61.3 Å². The van der Waals surface area contributed by atoms with Gasteiger partial charge in [0.15, 0.2) is 0 Å². The van der Waals surface area contributed by atoms with Gasteiger partial charge in [-0.15, -0.1) is 0 Å². The number of hydrogen-bond acceptors (Lipinski definition) is 3. The lowest BCUT2D eigenvalue weighted by atomic mass is 9.89. The van der Waals surface area contributed by atoms with E-state index in [2.05, 4.69) is 0 Å². The van der Waals surface area contributed by atoms with Crippen molar-refractivity contribution in [2.75, 3.05) is 13.2 Å². The summed E-state index contributed by atoms with van der Waals surface area (Å²) in [6, 6.07) is 14.2. The normalized spacial score (nSPS) is 21.6. The Morgan fingerprint density at radius 3 is 2.41 bits per heavy atom. The molecule has 1 saturated heterocycles. The second kappa shape index (κ2) is 8.61. The fraction of sp³-hybridized carbons (Fsp3) is 0.381. The molecule has 1 amide bonds. The van der Waals surface area contributed by atoms with Gasteiger partial charge >= 0.3 is 0 Å².